The predicted octanol–water partition coefficient (Wildman–Crippen LogP) is 4.90. The molecule has 0 aromatic heterocycles. The van der Waals surface area contributed by atoms with Crippen LogP contribution in [0.4, 0.5) is 10.5 Å². The molecule has 1 aliphatic rings. The standard InChI is InChI=1S/C18H18Cl2N2O3/c1-25-17-8-11(2-7-16(17)23)10-22(13-4-5-13)18(24)21-15-9-12(19)3-6-14(15)20/h2-3,6-9,13,23H,4-5,10H2,1H3,(H,21,24). The van der Waals surface area contributed by atoms with Gasteiger partial charge in [0.05, 0.1) is 17.8 Å². The van der Waals surface area contributed by atoms with Crippen LogP contribution < -0.4 is 10.1 Å². The maximum Gasteiger partial charge on any atom is 0.322 e. The summed E-state index contributed by atoms with van der Waals surface area (Å²) in [5, 5.41) is 13.5. The molecule has 7 heteroatoms. The number of amides is 2. The lowest BCUT2D eigenvalue weighted by Crippen LogP contribution is -2.36. The quantitative estimate of drug-likeness (QED) is 0.774. The Kier molecular flexibility index (Phi) is 5.25. The van der Waals surface area contributed by atoms with Crippen LogP contribution in [0, 0.1) is 0 Å². The number of nitrogens with zero attached hydrogens (tertiary/aromatic N) is 1. The first kappa shape index (κ1) is 17.7. The SMILES string of the molecule is COc1cc(CN(C(=O)Nc2cc(Cl)ccc2Cl)C2CC2)ccc1O. The lowest BCUT2D eigenvalue weighted by Gasteiger charge is -2.23. The summed E-state index contributed by atoms with van der Waals surface area (Å²) < 4.78 is 5.13. The largest absolute Gasteiger partial charge is 0.504 e. The molecule has 3 rings (SSSR count). The highest BCUT2D eigenvalue weighted by Crippen LogP contribution is 2.32. The predicted molar refractivity (Wildman–Crippen MR) is 98.7 cm³/mol. The Bertz CT molecular complexity index is 794. The molecule has 5 nitrogen and oxygen atoms in total. The number of aromatic hydroxyl groups is 1. The highest BCUT2D eigenvalue weighted by molar-refractivity contribution is 6.35. The van der Waals surface area contributed by atoms with Gasteiger partial charge >= 0.3 is 6.03 Å². The summed E-state index contributed by atoms with van der Waals surface area (Å²) in [5.41, 5.74) is 1.35. The van der Waals surface area contributed by atoms with Crippen LogP contribution in [0.15, 0.2) is 36.4 Å². The average molecular weight is 381 g/mol. The van der Waals surface area contributed by atoms with E-state index >= 15 is 0 Å². The Hall–Kier alpha value is -2.11. The minimum Gasteiger partial charge on any atom is -0.504 e. The molecule has 0 atom stereocenters. The molecule has 2 aromatic carbocycles. The fourth-order valence-corrected chi connectivity index (χ4v) is 2.89. The molecule has 25 heavy (non-hydrogen) atoms. The van der Waals surface area contributed by atoms with Crippen molar-refractivity contribution in [3.63, 3.8) is 0 Å². The number of ether oxygens (including phenoxy) is 1. The molecule has 1 aliphatic carbocycles. The lowest BCUT2D eigenvalue weighted by atomic mass is 10.2. The first-order chi connectivity index (χ1) is 12.0. The molecule has 2 N–H and O–H groups in total. The summed E-state index contributed by atoms with van der Waals surface area (Å²) in [4.78, 5) is 14.5. The zero-order chi connectivity index (χ0) is 18.0. The minimum absolute atomic E-state index is 0.0689. The van der Waals surface area contributed by atoms with Crippen LogP contribution in [0.3, 0.4) is 0 Å². The van der Waals surface area contributed by atoms with Gasteiger partial charge in [0, 0.05) is 17.6 Å². The summed E-state index contributed by atoms with van der Waals surface area (Å²) in [7, 11) is 1.49. The Morgan fingerprint density at radius 2 is 2.04 bits per heavy atom. The van der Waals surface area contributed by atoms with E-state index in [0.717, 1.165) is 18.4 Å². The summed E-state index contributed by atoms with van der Waals surface area (Å²) >= 11 is 12.1. The number of rotatable bonds is 5. The second-order valence-corrected chi connectivity index (χ2v) is 6.76. The van der Waals surface area contributed by atoms with Crippen molar-refractivity contribution >= 4 is 34.9 Å². The molecule has 1 saturated carbocycles. The van der Waals surface area contributed by atoms with Gasteiger partial charge in [-0.05, 0) is 48.7 Å². The van der Waals surface area contributed by atoms with E-state index in [-0.39, 0.29) is 17.8 Å². The van der Waals surface area contributed by atoms with Crippen molar-refractivity contribution < 1.29 is 14.6 Å². The average Bonchev–Trinajstić information content (AvgIpc) is 3.42. The summed E-state index contributed by atoms with van der Waals surface area (Å²) in [6.07, 6.45) is 1.93. The van der Waals surface area contributed by atoms with Gasteiger partial charge in [-0.25, -0.2) is 4.79 Å². The number of urea groups is 1. The van der Waals surface area contributed by atoms with E-state index in [9.17, 15) is 9.90 Å². The molecule has 0 saturated heterocycles. The second-order valence-electron chi connectivity index (χ2n) is 5.92. The third-order valence-corrected chi connectivity index (χ3v) is 4.58. The normalized spacial score (nSPS) is 13.4. The van der Waals surface area contributed by atoms with Gasteiger partial charge in [-0.1, -0.05) is 29.3 Å². The van der Waals surface area contributed by atoms with Crippen LogP contribution in [0.25, 0.3) is 0 Å². The molecule has 0 unspecified atom stereocenters. The highest BCUT2D eigenvalue weighted by Gasteiger charge is 2.33. The number of methoxy groups -OCH3 is 1. The molecule has 0 radical (unpaired) electrons. The molecular formula is C18H18Cl2N2O3. The van der Waals surface area contributed by atoms with Gasteiger partial charge in [-0.3, -0.25) is 0 Å². The van der Waals surface area contributed by atoms with Crippen molar-refractivity contribution in [2.24, 2.45) is 0 Å². The summed E-state index contributed by atoms with van der Waals surface area (Å²) in [6, 6.07) is 9.95. The van der Waals surface area contributed by atoms with Crippen LogP contribution >= 0.6 is 23.2 Å². The van der Waals surface area contributed by atoms with Gasteiger partial charge in [-0.15, -0.1) is 0 Å². The zero-order valence-electron chi connectivity index (χ0n) is 13.6. The number of phenolic OH excluding ortho intramolecular Hbond substituents is 1. The van der Waals surface area contributed by atoms with Crippen LogP contribution in [0.5, 0.6) is 11.5 Å². The fourth-order valence-electron chi connectivity index (χ4n) is 2.55. The number of halogens is 2. The molecule has 1 fully saturated rings. The summed E-state index contributed by atoms with van der Waals surface area (Å²) in [6.45, 7) is 0.408. The van der Waals surface area contributed by atoms with Crippen molar-refractivity contribution in [2.45, 2.75) is 25.4 Å². The molecule has 2 amide bonds. The summed E-state index contributed by atoms with van der Waals surface area (Å²) in [5.74, 6) is 0.450. The third kappa shape index (κ3) is 4.30. The first-order valence-corrected chi connectivity index (χ1v) is 8.62. The van der Waals surface area contributed by atoms with Crippen molar-refractivity contribution in [2.75, 3.05) is 12.4 Å². The molecular weight excluding hydrogens is 363 g/mol. The van der Waals surface area contributed by atoms with Gasteiger partial charge in [0.15, 0.2) is 11.5 Å². The van der Waals surface area contributed by atoms with Gasteiger partial charge < -0.3 is 20.1 Å². The highest BCUT2D eigenvalue weighted by atomic mass is 35.5. The van der Waals surface area contributed by atoms with Crippen molar-refractivity contribution in [1.29, 1.82) is 0 Å². The topological polar surface area (TPSA) is 61.8 Å². The number of phenols is 1. The van der Waals surface area contributed by atoms with E-state index in [1.165, 1.54) is 7.11 Å². The zero-order valence-corrected chi connectivity index (χ0v) is 15.1. The number of nitrogens with one attached hydrogen (secondary N) is 1. The first-order valence-electron chi connectivity index (χ1n) is 7.86. The molecule has 0 aliphatic heterocycles. The number of carbonyl (C=O) groups excluding carboxylic acids is 1. The fraction of sp³-hybridized carbons (Fsp3) is 0.278. The molecule has 0 bridgehead atoms. The number of hydrogen-bond donors (Lipinski definition) is 2. The van der Waals surface area contributed by atoms with E-state index in [2.05, 4.69) is 5.32 Å². The Morgan fingerprint density at radius 1 is 1.28 bits per heavy atom. The van der Waals surface area contributed by atoms with Crippen molar-refractivity contribution in [1.82, 2.24) is 4.90 Å². The van der Waals surface area contributed by atoms with Crippen molar-refractivity contribution in [3.8, 4) is 11.5 Å². The molecule has 0 heterocycles. The van der Waals surface area contributed by atoms with Crippen LogP contribution in [-0.4, -0.2) is 29.2 Å². The number of anilines is 1. The van der Waals surface area contributed by atoms with Crippen LogP contribution in [0.1, 0.15) is 18.4 Å². The Labute approximate surface area is 156 Å². The van der Waals surface area contributed by atoms with Gasteiger partial charge in [0.1, 0.15) is 0 Å². The maximum absolute atomic E-state index is 12.7. The van der Waals surface area contributed by atoms with E-state index < -0.39 is 0 Å². The van der Waals surface area contributed by atoms with Crippen molar-refractivity contribution in [3.05, 3.63) is 52.0 Å². The maximum atomic E-state index is 12.7. The van der Waals surface area contributed by atoms with E-state index in [4.69, 9.17) is 27.9 Å². The van der Waals surface area contributed by atoms with Gasteiger partial charge in [-0.2, -0.15) is 0 Å². The number of benzene rings is 2. The van der Waals surface area contributed by atoms with Gasteiger partial charge in [0.2, 0.25) is 0 Å². The molecule has 2 aromatic rings. The van der Waals surface area contributed by atoms with Crippen LogP contribution in [0.2, 0.25) is 10.0 Å². The monoisotopic (exact) mass is 380 g/mol. The van der Waals surface area contributed by atoms with E-state index in [0.29, 0.717) is 28.0 Å². The third-order valence-electron chi connectivity index (χ3n) is 4.02. The minimum atomic E-state index is -0.237. The number of hydrogen-bond acceptors (Lipinski definition) is 3. The van der Waals surface area contributed by atoms with Gasteiger partial charge in [0.25, 0.3) is 0 Å². The molecule has 132 valence electrons. The molecule has 0 spiro atoms. The number of carbonyl (C=O) groups is 1. The van der Waals surface area contributed by atoms with E-state index in [1.807, 2.05) is 0 Å². The van der Waals surface area contributed by atoms with Crippen LogP contribution in [-0.2, 0) is 6.54 Å². The Balaban J connectivity index is 1.77. The smallest absolute Gasteiger partial charge is 0.322 e. The second kappa shape index (κ2) is 7.42. The Morgan fingerprint density at radius 3 is 2.72 bits per heavy atom. The lowest BCUT2D eigenvalue weighted by molar-refractivity contribution is 0.206. The van der Waals surface area contributed by atoms with E-state index in [1.54, 1.807) is 41.3 Å².